The number of hydrogen-bond acceptors (Lipinski definition) is 5. The van der Waals surface area contributed by atoms with Crippen molar-refractivity contribution in [2.45, 2.75) is 46.5 Å². The predicted molar refractivity (Wildman–Crippen MR) is 97.4 cm³/mol. The summed E-state index contributed by atoms with van der Waals surface area (Å²) >= 11 is 0. The molecule has 160 valence electrons. The highest BCUT2D eigenvalue weighted by Gasteiger charge is 2.31. The molecule has 1 N–H and O–H groups in total. The third-order valence-corrected chi connectivity index (χ3v) is 4.47. The Hall–Kier alpha value is -2.91. The van der Waals surface area contributed by atoms with E-state index >= 15 is 0 Å². The number of rotatable bonds is 9. The van der Waals surface area contributed by atoms with E-state index < -0.39 is 12.5 Å². The number of carboxylic acid groups (broad SMARTS) is 1. The second-order valence-corrected chi connectivity index (χ2v) is 6.43. The molecule has 2 aromatic rings. The van der Waals surface area contributed by atoms with Gasteiger partial charge in [0.05, 0.1) is 25.0 Å². The van der Waals surface area contributed by atoms with Crippen LogP contribution in [-0.2, 0) is 6.54 Å². The minimum Gasteiger partial charge on any atom is -0.493 e. The lowest BCUT2D eigenvalue weighted by Gasteiger charge is -2.18. The van der Waals surface area contributed by atoms with Gasteiger partial charge in [-0.3, -0.25) is 4.68 Å². The fraction of sp³-hybridized carbons (Fsp3) is 0.474. The fourth-order valence-electron chi connectivity index (χ4n) is 2.69. The summed E-state index contributed by atoms with van der Waals surface area (Å²) in [6.45, 7) is 6.13. The van der Waals surface area contributed by atoms with E-state index in [2.05, 4.69) is 14.6 Å². The van der Waals surface area contributed by atoms with Gasteiger partial charge in [-0.25, -0.2) is 4.79 Å². The maximum absolute atomic E-state index is 12.6. The minimum absolute atomic E-state index is 0.0414. The lowest BCUT2D eigenvalue weighted by molar-refractivity contribution is -0.274. The second-order valence-electron chi connectivity index (χ2n) is 6.43. The van der Waals surface area contributed by atoms with Crippen molar-refractivity contribution in [2.24, 2.45) is 5.92 Å². The fourth-order valence-corrected chi connectivity index (χ4v) is 2.69. The van der Waals surface area contributed by atoms with Gasteiger partial charge in [0.1, 0.15) is 11.5 Å². The number of benzene rings is 1. The van der Waals surface area contributed by atoms with Crippen molar-refractivity contribution in [1.29, 1.82) is 0 Å². The van der Waals surface area contributed by atoms with Crippen molar-refractivity contribution < 1.29 is 37.3 Å². The highest BCUT2D eigenvalue weighted by atomic mass is 19.4. The molecule has 10 heteroatoms. The summed E-state index contributed by atoms with van der Waals surface area (Å²) in [5, 5.41) is 12.8. The average Bonchev–Trinajstić information content (AvgIpc) is 2.95. The molecule has 0 spiro atoms. The van der Waals surface area contributed by atoms with Gasteiger partial charge in [-0.15, -0.1) is 13.2 Å². The van der Waals surface area contributed by atoms with E-state index in [0.29, 0.717) is 29.5 Å². The zero-order chi connectivity index (χ0) is 21.6. The number of aromatic nitrogens is 2. The van der Waals surface area contributed by atoms with Crippen LogP contribution in [-0.4, -0.2) is 34.0 Å². The third-order valence-electron chi connectivity index (χ3n) is 4.47. The number of hydrogen-bond donors (Lipinski definition) is 1. The molecule has 0 aliphatic heterocycles. The zero-order valence-corrected chi connectivity index (χ0v) is 16.3. The topological polar surface area (TPSA) is 82.8 Å². The first-order valence-corrected chi connectivity index (χ1v) is 9.07. The second kappa shape index (κ2) is 9.53. The van der Waals surface area contributed by atoms with Crippen LogP contribution in [0.5, 0.6) is 17.2 Å². The molecule has 7 nitrogen and oxygen atoms in total. The van der Waals surface area contributed by atoms with Gasteiger partial charge in [0.25, 0.3) is 0 Å². The summed E-state index contributed by atoms with van der Waals surface area (Å²) in [4.78, 5) is 10.7. The van der Waals surface area contributed by atoms with E-state index in [1.165, 1.54) is 29.1 Å². The molecular formula is C19H23F3N2O5. The smallest absolute Gasteiger partial charge is 0.493 e. The molecule has 0 fully saturated rings. The summed E-state index contributed by atoms with van der Waals surface area (Å²) in [5.41, 5.74) is 0.811. The van der Waals surface area contributed by atoms with Crippen LogP contribution < -0.4 is 14.2 Å². The molecule has 0 amide bonds. The highest BCUT2D eigenvalue weighted by molar-refractivity contribution is 5.61. The Kier molecular flexibility index (Phi) is 7.35. The first kappa shape index (κ1) is 22.4. The Morgan fingerprint density at radius 3 is 2.52 bits per heavy atom. The molecule has 1 aromatic heterocycles. The first-order chi connectivity index (χ1) is 13.6. The zero-order valence-electron chi connectivity index (χ0n) is 16.3. The summed E-state index contributed by atoms with van der Waals surface area (Å²) < 4.78 is 53.7. The standard InChI is InChI=1S/C19H23F3N2O5/c1-4-13(5-2)11-27-16-7-6-15(29-19(20,21)22)8-14(16)10-24-12(3)17(9-23-24)28-18(25)26/h6-9,13H,4-5,10-11H2,1-3H3,(H,25,26). The highest BCUT2D eigenvalue weighted by Crippen LogP contribution is 2.30. The molecule has 0 bridgehead atoms. The van der Waals surface area contributed by atoms with E-state index in [0.717, 1.165) is 12.8 Å². The quantitative estimate of drug-likeness (QED) is 0.579. The Bertz CT molecular complexity index is 832. The van der Waals surface area contributed by atoms with Gasteiger partial charge < -0.3 is 19.3 Å². The summed E-state index contributed by atoms with van der Waals surface area (Å²) in [6.07, 6.45) is -3.25. The lowest BCUT2D eigenvalue weighted by Crippen LogP contribution is -2.18. The van der Waals surface area contributed by atoms with Crippen LogP contribution >= 0.6 is 0 Å². The molecule has 1 heterocycles. The van der Waals surface area contributed by atoms with Crippen molar-refractivity contribution >= 4 is 6.16 Å². The van der Waals surface area contributed by atoms with E-state index in [9.17, 15) is 18.0 Å². The largest absolute Gasteiger partial charge is 0.573 e. The first-order valence-electron chi connectivity index (χ1n) is 9.07. The molecule has 0 unspecified atom stereocenters. The van der Waals surface area contributed by atoms with Gasteiger partial charge in [-0.1, -0.05) is 26.7 Å². The Morgan fingerprint density at radius 2 is 1.93 bits per heavy atom. The molecule has 0 atom stereocenters. The van der Waals surface area contributed by atoms with Gasteiger partial charge in [-0.2, -0.15) is 5.10 Å². The van der Waals surface area contributed by atoms with Crippen molar-refractivity contribution in [3.63, 3.8) is 0 Å². The van der Waals surface area contributed by atoms with E-state index in [1.54, 1.807) is 6.92 Å². The van der Waals surface area contributed by atoms with Gasteiger partial charge >= 0.3 is 12.5 Å². The van der Waals surface area contributed by atoms with Crippen LogP contribution in [0.4, 0.5) is 18.0 Å². The van der Waals surface area contributed by atoms with Crippen LogP contribution in [0.15, 0.2) is 24.4 Å². The molecule has 0 aliphatic carbocycles. The van der Waals surface area contributed by atoms with E-state index in [1.807, 2.05) is 13.8 Å². The van der Waals surface area contributed by atoms with Crippen molar-refractivity contribution in [3.8, 4) is 17.2 Å². The molecule has 0 saturated heterocycles. The Labute approximate surface area is 166 Å². The van der Waals surface area contributed by atoms with Crippen molar-refractivity contribution in [1.82, 2.24) is 9.78 Å². The normalized spacial score (nSPS) is 11.6. The summed E-state index contributed by atoms with van der Waals surface area (Å²) in [6, 6.07) is 3.84. The lowest BCUT2D eigenvalue weighted by atomic mass is 10.1. The minimum atomic E-state index is -4.82. The summed E-state index contributed by atoms with van der Waals surface area (Å²) in [7, 11) is 0. The average molecular weight is 416 g/mol. The third kappa shape index (κ3) is 6.58. The Morgan fingerprint density at radius 1 is 1.24 bits per heavy atom. The monoisotopic (exact) mass is 416 g/mol. The van der Waals surface area contributed by atoms with Gasteiger partial charge in [0, 0.05) is 5.56 Å². The summed E-state index contributed by atoms with van der Waals surface area (Å²) in [5.74, 6) is 0.381. The van der Waals surface area contributed by atoms with Crippen LogP contribution in [0.25, 0.3) is 0 Å². The SMILES string of the molecule is CCC(CC)COc1ccc(OC(F)(F)F)cc1Cn1ncc(OC(=O)O)c1C. The number of carbonyl (C=O) groups is 1. The van der Waals surface area contributed by atoms with Crippen molar-refractivity contribution in [3.05, 3.63) is 35.7 Å². The van der Waals surface area contributed by atoms with E-state index in [4.69, 9.17) is 9.84 Å². The molecule has 0 radical (unpaired) electrons. The number of nitrogens with zero attached hydrogens (tertiary/aromatic N) is 2. The van der Waals surface area contributed by atoms with Crippen LogP contribution in [0.3, 0.4) is 0 Å². The molecule has 1 aromatic carbocycles. The molecule has 2 rings (SSSR count). The van der Waals surface area contributed by atoms with Gasteiger partial charge in [0.2, 0.25) is 0 Å². The van der Waals surface area contributed by atoms with E-state index in [-0.39, 0.29) is 18.0 Å². The molecular weight excluding hydrogens is 393 g/mol. The maximum Gasteiger partial charge on any atom is 0.573 e. The maximum atomic E-state index is 12.6. The predicted octanol–water partition coefficient (Wildman–Crippen LogP) is 5.01. The van der Waals surface area contributed by atoms with Gasteiger partial charge in [0.15, 0.2) is 5.75 Å². The van der Waals surface area contributed by atoms with Crippen molar-refractivity contribution in [2.75, 3.05) is 6.61 Å². The number of alkyl halides is 3. The van der Waals surface area contributed by atoms with Crippen LogP contribution in [0.1, 0.15) is 37.9 Å². The Balaban J connectivity index is 2.31. The van der Waals surface area contributed by atoms with Gasteiger partial charge in [-0.05, 0) is 31.0 Å². The van der Waals surface area contributed by atoms with Crippen LogP contribution in [0.2, 0.25) is 0 Å². The van der Waals surface area contributed by atoms with Crippen LogP contribution in [0, 0.1) is 12.8 Å². The molecule has 29 heavy (non-hydrogen) atoms. The number of halogens is 3. The molecule has 0 saturated carbocycles. The molecule has 0 aliphatic rings. The number of ether oxygens (including phenoxy) is 3.